The topological polar surface area (TPSA) is 95.5 Å². The Morgan fingerprint density at radius 3 is 1.93 bits per heavy atom. The predicted octanol–water partition coefficient (Wildman–Crippen LogP) is 3.77. The zero-order chi connectivity index (χ0) is 21.1. The van der Waals surface area contributed by atoms with Crippen LogP contribution >= 0.6 is 11.6 Å². The summed E-state index contributed by atoms with van der Waals surface area (Å²) in [6, 6.07) is 4.45. The SMILES string of the molecule is O=C(NC1CCCCCCCCCCC1)[C@H](CO)NS(=O)(=O)c1ccc(Cl)cc1. The maximum Gasteiger partial charge on any atom is 0.241 e. The van der Waals surface area contributed by atoms with Gasteiger partial charge in [0.2, 0.25) is 15.9 Å². The molecule has 0 radical (unpaired) electrons. The van der Waals surface area contributed by atoms with E-state index in [0.29, 0.717) is 5.02 Å². The minimum atomic E-state index is -3.94. The summed E-state index contributed by atoms with van der Waals surface area (Å²) in [6.07, 6.45) is 12.5. The molecule has 0 bridgehead atoms. The van der Waals surface area contributed by atoms with E-state index in [4.69, 9.17) is 11.6 Å². The number of sulfonamides is 1. The lowest BCUT2D eigenvalue weighted by atomic mass is 9.98. The lowest BCUT2D eigenvalue weighted by Gasteiger charge is -2.23. The van der Waals surface area contributed by atoms with Crippen molar-refractivity contribution in [2.24, 2.45) is 0 Å². The van der Waals surface area contributed by atoms with Gasteiger partial charge in [0, 0.05) is 11.1 Å². The molecule has 1 aliphatic rings. The maximum absolute atomic E-state index is 12.7. The van der Waals surface area contributed by atoms with Crippen LogP contribution < -0.4 is 10.0 Å². The molecular weight excluding hydrogens is 412 g/mol. The summed E-state index contributed by atoms with van der Waals surface area (Å²) in [5.74, 6) is -0.484. The van der Waals surface area contributed by atoms with Crippen LogP contribution in [0.1, 0.15) is 70.6 Å². The fourth-order valence-corrected chi connectivity index (χ4v) is 4.96. The van der Waals surface area contributed by atoms with Crippen LogP contribution in [0.2, 0.25) is 5.02 Å². The number of hydrogen-bond donors (Lipinski definition) is 3. The van der Waals surface area contributed by atoms with Crippen molar-refractivity contribution in [1.82, 2.24) is 10.0 Å². The van der Waals surface area contributed by atoms with Crippen LogP contribution in [0.25, 0.3) is 0 Å². The van der Waals surface area contributed by atoms with Crippen molar-refractivity contribution in [3.63, 3.8) is 0 Å². The molecule has 164 valence electrons. The molecule has 1 fully saturated rings. The largest absolute Gasteiger partial charge is 0.394 e. The molecule has 0 aliphatic heterocycles. The van der Waals surface area contributed by atoms with Crippen LogP contribution in [0, 0.1) is 0 Å². The summed E-state index contributed by atoms with van der Waals surface area (Å²) in [5, 5.41) is 13.0. The molecule has 1 amide bonds. The number of hydrogen-bond acceptors (Lipinski definition) is 4. The molecule has 0 heterocycles. The fraction of sp³-hybridized carbons (Fsp3) is 0.667. The van der Waals surface area contributed by atoms with Gasteiger partial charge < -0.3 is 10.4 Å². The van der Waals surface area contributed by atoms with Gasteiger partial charge in [0.05, 0.1) is 11.5 Å². The highest BCUT2D eigenvalue weighted by molar-refractivity contribution is 7.89. The number of amides is 1. The van der Waals surface area contributed by atoms with E-state index < -0.39 is 28.6 Å². The molecule has 0 aromatic heterocycles. The Morgan fingerprint density at radius 2 is 1.45 bits per heavy atom. The Labute approximate surface area is 179 Å². The summed E-state index contributed by atoms with van der Waals surface area (Å²) >= 11 is 5.80. The van der Waals surface area contributed by atoms with E-state index in [2.05, 4.69) is 10.0 Å². The molecule has 8 heteroatoms. The van der Waals surface area contributed by atoms with Crippen LogP contribution in [0.3, 0.4) is 0 Å². The number of aliphatic hydroxyl groups excluding tert-OH is 1. The van der Waals surface area contributed by atoms with Crippen LogP contribution in [0.15, 0.2) is 29.2 Å². The number of rotatable bonds is 6. The molecule has 0 unspecified atom stereocenters. The second-order valence-electron chi connectivity index (χ2n) is 7.78. The van der Waals surface area contributed by atoms with E-state index >= 15 is 0 Å². The lowest BCUT2D eigenvalue weighted by molar-refractivity contribution is -0.124. The Kier molecular flexibility index (Phi) is 10.4. The minimum Gasteiger partial charge on any atom is -0.394 e. The molecule has 0 spiro atoms. The van der Waals surface area contributed by atoms with E-state index in [-0.39, 0.29) is 10.9 Å². The third-order valence-corrected chi connectivity index (χ3v) is 7.11. The standard InChI is InChI=1S/C21H33ClN2O4S/c22-17-12-14-19(15-13-17)29(27,28)24-20(16-25)21(26)23-18-10-8-6-4-2-1-3-5-7-9-11-18/h12-15,18,20,24-25H,1-11,16H2,(H,23,26)/t20-/m0/s1. The summed E-state index contributed by atoms with van der Waals surface area (Å²) in [6.45, 7) is -0.606. The number of halogens is 1. The zero-order valence-corrected chi connectivity index (χ0v) is 18.5. The van der Waals surface area contributed by atoms with Crippen molar-refractivity contribution in [3.8, 4) is 0 Å². The number of aliphatic hydroxyl groups is 1. The van der Waals surface area contributed by atoms with Gasteiger partial charge in [-0.25, -0.2) is 8.42 Å². The lowest BCUT2D eigenvalue weighted by Crippen LogP contribution is -2.51. The molecular formula is C21H33ClN2O4S. The van der Waals surface area contributed by atoms with E-state index in [9.17, 15) is 18.3 Å². The number of benzene rings is 1. The summed E-state index contributed by atoms with van der Waals surface area (Å²) < 4.78 is 27.3. The highest BCUT2D eigenvalue weighted by Crippen LogP contribution is 2.18. The highest BCUT2D eigenvalue weighted by Gasteiger charge is 2.26. The number of carbonyl (C=O) groups excluding carboxylic acids is 1. The molecule has 1 aromatic rings. The Bertz CT molecular complexity index is 713. The summed E-state index contributed by atoms with van der Waals surface area (Å²) in [4.78, 5) is 12.7. The second-order valence-corrected chi connectivity index (χ2v) is 9.93. The van der Waals surface area contributed by atoms with E-state index in [1.807, 2.05) is 0 Å². The van der Waals surface area contributed by atoms with Gasteiger partial charge in [-0.15, -0.1) is 0 Å². The molecule has 1 atom stereocenters. The quantitative estimate of drug-likeness (QED) is 0.622. The van der Waals surface area contributed by atoms with Gasteiger partial charge in [0.25, 0.3) is 0 Å². The first-order valence-electron chi connectivity index (χ1n) is 10.6. The number of nitrogens with one attached hydrogen (secondary N) is 2. The van der Waals surface area contributed by atoms with Crippen molar-refractivity contribution in [3.05, 3.63) is 29.3 Å². The first-order valence-corrected chi connectivity index (χ1v) is 12.5. The normalized spacial score (nSPS) is 19.0. The maximum atomic E-state index is 12.7. The Morgan fingerprint density at radius 1 is 0.966 bits per heavy atom. The second kappa shape index (κ2) is 12.5. The molecule has 3 N–H and O–H groups in total. The molecule has 1 saturated carbocycles. The van der Waals surface area contributed by atoms with E-state index in [0.717, 1.165) is 38.5 Å². The van der Waals surface area contributed by atoms with Gasteiger partial charge in [-0.1, -0.05) is 69.4 Å². The third kappa shape index (κ3) is 8.62. The van der Waals surface area contributed by atoms with Gasteiger partial charge in [-0.2, -0.15) is 4.72 Å². The van der Waals surface area contributed by atoms with Crippen molar-refractivity contribution < 1.29 is 18.3 Å². The molecule has 6 nitrogen and oxygen atoms in total. The molecule has 1 aromatic carbocycles. The first kappa shape index (κ1) is 24.1. The summed E-state index contributed by atoms with van der Waals surface area (Å²) in [5.41, 5.74) is 0. The average molecular weight is 445 g/mol. The van der Waals surface area contributed by atoms with Gasteiger partial charge in [0.1, 0.15) is 6.04 Å². The van der Waals surface area contributed by atoms with Crippen molar-refractivity contribution in [2.75, 3.05) is 6.61 Å². The van der Waals surface area contributed by atoms with Crippen molar-refractivity contribution in [1.29, 1.82) is 0 Å². The smallest absolute Gasteiger partial charge is 0.241 e. The molecule has 0 saturated heterocycles. The fourth-order valence-electron chi connectivity index (χ4n) is 3.65. The van der Waals surface area contributed by atoms with Crippen molar-refractivity contribution >= 4 is 27.5 Å². The monoisotopic (exact) mass is 444 g/mol. The van der Waals surface area contributed by atoms with Crippen molar-refractivity contribution in [2.45, 2.75) is 87.6 Å². The van der Waals surface area contributed by atoms with E-state index in [1.165, 1.54) is 56.4 Å². The molecule has 1 aliphatic carbocycles. The van der Waals surface area contributed by atoms with Gasteiger partial charge >= 0.3 is 0 Å². The minimum absolute atomic E-state index is 0.000781. The zero-order valence-electron chi connectivity index (χ0n) is 16.9. The van der Waals surface area contributed by atoms with Gasteiger partial charge in [0.15, 0.2) is 0 Å². The number of carbonyl (C=O) groups is 1. The van der Waals surface area contributed by atoms with Gasteiger partial charge in [-0.3, -0.25) is 4.79 Å². The average Bonchev–Trinajstić information content (AvgIpc) is 2.68. The van der Waals surface area contributed by atoms with Crippen LogP contribution in [-0.2, 0) is 14.8 Å². The summed E-state index contributed by atoms with van der Waals surface area (Å²) in [7, 11) is -3.94. The van der Waals surface area contributed by atoms with Crippen LogP contribution in [0.4, 0.5) is 0 Å². The Balaban J connectivity index is 1.96. The predicted molar refractivity (Wildman–Crippen MR) is 115 cm³/mol. The third-order valence-electron chi connectivity index (χ3n) is 5.37. The first-order chi connectivity index (χ1) is 13.9. The van der Waals surface area contributed by atoms with E-state index in [1.54, 1.807) is 0 Å². The van der Waals surface area contributed by atoms with Gasteiger partial charge in [-0.05, 0) is 37.1 Å². The highest BCUT2D eigenvalue weighted by atomic mass is 35.5. The van der Waals surface area contributed by atoms with Crippen LogP contribution in [-0.4, -0.2) is 38.1 Å². The van der Waals surface area contributed by atoms with Crippen LogP contribution in [0.5, 0.6) is 0 Å². The Hall–Kier alpha value is -1.15. The molecule has 2 rings (SSSR count). The molecule has 29 heavy (non-hydrogen) atoms.